The lowest BCUT2D eigenvalue weighted by Crippen LogP contribution is -2.59. The predicted molar refractivity (Wildman–Crippen MR) is 210 cm³/mol. The highest BCUT2D eigenvalue weighted by Gasteiger charge is 2.44. The quantitative estimate of drug-likeness (QED) is 0.0282. The summed E-state index contributed by atoms with van der Waals surface area (Å²) in [5.41, 5.74) is 0. The van der Waals surface area contributed by atoms with Gasteiger partial charge >= 0.3 is 5.97 Å². The Bertz CT molecular complexity index is 848. The van der Waals surface area contributed by atoms with Crippen LogP contribution in [-0.2, 0) is 23.7 Å². The predicted octanol–water partition coefficient (Wildman–Crippen LogP) is 9.03. The van der Waals surface area contributed by atoms with E-state index in [9.17, 15) is 25.2 Å². The van der Waals surface area contributed by atoms with E-state index in [2.05, 4.69) is 38.2 Å². The minimum Gasteiger partial charge on any atom is -0.457 e. The molecule has 9 heteroatoms. The second kappa shape index (κ2) is 35.4. The van der Waals surface area contributed by atoms with Gasteiger partial charge in [-0.25, -0.2) is 0 Å². The summed E-state index contributed by atoms with van der Waals surface area (Å²) < 4.78 is 22.8. The average molecular weight is 741 g/mol. The monoisotopic (exact) mass is 741 g/mol. The van der Waals surface area contributed by atoms with Crippen LogP contribution in [0, 0.1) is 0 Å². The van der Waals surface area contributed by atoms with Crippen molar-refractivity contribution in [2.45, 2.75) is 218 Å². The topological polar surface area (TPSA) is 135 Å². The number of hydrogen-bond acceptors (Lipinski definition) is 9. The second-order valence-electron chi connectivity index (χ2n) is 14.8. The van der Waals surface area contributed by atoms with Crippen LogP contribution in [0.3, 0.4) is 0 Å². The van der Waals surface area contributed by atoms with Gasteiger partial charge in [0.1, 0.15) is 30.5 Å². The number of rotatable bonds is 36. The van der Waals surface area contributed by atoms with Gasteiger partial charge in [-0.2, -0.15) is 0 Å². The van der Waals surface area contributed by atoms with Crippen LogP contribution in [0.2, 0.25) is 0 Å². The van der Waals surface area contributed by atoms with E-state index in [1.54, 1.807) is 0 Å². The first-order valence-electron chi connectivity index (χ1n) is 21.4. The van der Waals surface area contributed by atoms with Crippen LogP contribution in [0.1, 0.15) is 181 Å². The van der Waals surface area contributed by atoms with E-state index >= 15 is 0 Å². The molecule has 1 heterocycles. The maximum Gasteiger partial charge on any atom is 0.306 e. The van der Waals surface area contributed by atoms with Crippen molar-refractivity contribution >= 4 is 5.97 Å². The Morgan fingerprint density at radius 1 is 0.615 bits per heavy atom. The Balaban J connectivity index is 2.29. The molecular formula is C43H80O9. The number of ether oxygens (including phenoxy) is 4. The van der Waals surface area contributed by atoms with Gasteiger partial charge in [0.05, 0.1) is 19.8 Å². The van der Waals surface area contributed by atoms with Gasteiger partial charge < -0.3 is 39.4 Å². The molecule has 52 heavy (non-hydrogen) atoms. The maximum absolute atomic E-state index is 12.7. The molecule has 6 atom stereocenters. The van der Waals surface area contributed by atoms with Crippen molar-refractivity contribution in [1.29, 1.82) is 0 Å². The van der Waals surface area contributed by atoms with Gasteiger partial charge in [0, 0.05) is 13.0 Å². The summed E-state index contributed by atoms with van der Waals surface area (Å²) in [4.78, 5) is 12.7. The van der Waals surface area contributed by atoms with E-state index < -0.39 is 43.4 Å². The zero-order valence-corrected chi connectivity index (χ0v) is 33.3. The Morgan fingerprint density at radius 3 is 1.71 bits per heavy atom. The maximum atomic E-state index is 12.7. The molecule has 9 nitrogen and oxygen atoms in total. The zero-order valence-electron chi connectivity index (χ0n) is 33.3. The summed E-state index contributed by atoms with van der Waals surface area (Å²) in [5, 5.41) is 40.0. The van der Waals surface area contributed by atoms with Crippen LogP contribution in [-0.4, -0.2) is 89.6 Å². The average Bonchev–Trinajstić information content (AvgIpc) is 3.14. The lowest BCUT2D eigenvalue weighted by Gasteiger charge is -2.39. The van der Waals surface area contributed by atoms with E-state index in [1.807, 2.05) is 0 Å². The molecule has 1 aliphatic heterocycles. The van der Waals surface area contributed by atoms with Crippen molar-refractivity contribution < 1.29 is 44.2 Å². The Kier molecular flexibility index (Phi) is 33.1. The molecule has 0 saturated carbocycles. The minimum atomic E-state index is -1.54. The van der Waals surface area contributed by atoms with Gasteiger partial charge in [0.25, 0.3) is 0 Å². The van der Waals surface area contributed by atoms with Gasteiger partial charge in [-0.15, -0.1) is 0 Å². The number of unbranched alkanes of at least 4 members (excludes halogenated alkanes) is 21. The van der Waals surface area contributed by atoms with Gasteiger partial charge in [-0.05, 0) is 38.5 Å². The first-order chi connectivity index (χ1) is 25.4. The molecule has 0 aromatic heterocycles. The number of aliphatic hydroxyl groups is 4. The fourth-order valence-electron chi connectivity index (χ4n) is 6.45. The van der Waals surface area contributed by atoms with E-state index in [4.69, 9.17) is 18.9 Å². The molecule has 1 saturated heterocycles. The Labute approximate surface area is 317 Å². The van der Waals surface area contributed by atoms with E-state index in [1.165, 1.54) is 103 Å². The van der Waals surface area contributed by atoms with Crippen molar-refractivity contribution in [3.63, 3.8) is 0 Å². The van der Waals surface area contributed by atoms with E-state index in [-0.39, 0.29) is 19.2 Å². The van der Waals surface area contributed by atoms with Gasteiger partial charge in [0.2, 0.25) is 0 Å². The second-order valence-corrected chi connectivity index (χ2v) is 14.8. The largest absolute Gasteiger partial charge is 0.457 e. The lowest BCUT2D eigenvalue weighted by molar-refractivity contribution is -0.305. The third-order valence-corrected chi connectivity index (χ3v) is 9.87. The molecule has 1 rings (SSSR count). The molecule has 1 fully saturated rings. The number of carbonyl (C=O) groups excluding carboxylic acids is 1. The molecule has 4 N–H and O–H groups in total. The molecule has 0 radical (unpaired) electrons. The Hall–Kier alpha value is -1.33. The number of esters is 1. The molecular weight excluding hydrogens is 660 g/mol. The summed E-state index contributed by atoms with van der Waals surface area (Å²) >= 11 is 0. The van der Waals surface area contributed by atoms with Gasteiger partial charge in [-0.3, -0.25) is 4.79 Å². The van der Waals surface area contributed by atoms with Crippen LogP contribution < -0.4 is 0 Å². The smallest absolute Gasteiger partial charge is 0.306 e. The van der Waals surface area contributed by atoms with E-state index in [0.717, 1.165) is 57.8 Å². The first-order valence-corrected chi connectivity index (χ1v) is 21.4. The molecule has 306 valence electrons. The summed E-state index contributed by atoms with van der Waals surface area (Å²) in [7, 11) is 0. The van der Waals surface area contributed by atoms with E-state index in [0.29, 0.717) is 13.0 Å². The molecule has 0 aliphatic carbocycles. The SMILES string of the molecule is CCCC/C=C\C/C=C\CCCCCCCC(=O)OC(COCCCCCCCCCCCCCCCCC)COC1OC(CO)C(O)C(O)C1O. The lowest BCUT2D eigenvalue weighted by atomic mass is 9.99. The third kappa shape index (κ3) is 26.4. The van der Waals surface area contributed by atoms with Crippen molar-refractivity contribution in [2.24, 2.45) is 0 Å². The van der Waals surface area contributed by atoms with Crippen molar-refractivity contribution in [1.82, 2.24) is 0 Å². The molecule has 1 aliphatic rings. The molecule has 0 spiro atoms. The fraction of sp³-hybridized carbons (Fsp3) is 0.884. The van der Waals surface area contributed by atoms with Crippen LogP contribution in [0.5, 0.6) is 0 Å². The van der Waals surface area contributed by atoms with Crippen LogP contribution in [0.25, 0.3) is 0 Å². The highest BCUT2D eigenvalue weighted by Crippen LogP contribution is 2.22. The van der Waals surface area contributed by atoms with Crippen LogP contribution in [0.15, 0.2) is 24.3 Å². The van der Waals surface area contributed by atoms with Crippen LogP contribution in [0.4, 0.5) is 0 Å². The number of hydrogen-bond donors (Lipinski definition) is 4. The molecule has 0 amide bonds. The van der Waals surface area contributed by atoms with Crippen molar-refractivity contribution in [3.8, 4) is 0 Å². The number of allylic oxidation sites excluding steroid dienone is 4. The highest BCUT2D eigenvalue weighted by molar-refractivity contribution is 5.69. The van der Waals surface area contributed by atoms with Crippen molar-refractivity contribution in [2.75, 3.05) is 26.4 Å². The van der Waals surface area contributed by atoms with Crippen LogP contribution >= 0.6 is 0 Å². The zero-order chi connectivity index (χ0) is 37.9. The van der Waals surface area contributed by atoms with Gasteiger partial charge in [-0.1, -0.05) is 160 Å². The van der Waals surface area contributed by atoms with Gasteiger partial charge in [0.15, 0.2) is 6.29 Å². The third-order valence-electron chi connectivity index (χ3n) is 9.87. The Morgan fingerprint density at radius 2 is 1.13 bits per heavy atom. The minimum absolute atomic E-state index is 0.116. The summed E-state index contributed by atoms with van der Waals surface area (Å²) in [6.45, 7) is 4.51. The van der Waals surface area contributed by atoms with Crippen molar-refractivity contribution in [3.05, 3.63) is 24.3 Å². The fourth-order valence-corrected chi connectivity index (χ4v) is 6.45. The number of aliphatic hydroxyl groups excluding tert-OH is 4. The summed E-state index contributed by atoms with van der Waals surface area (Å²) in [6, 6.07) is 0. The molecule has 0 aromatic carbocycles. The molecule has 0 aromatic rings. The normalized spacial score (nSPS) is 21.4. The highest BCUT2D eigenvalue weighted by atomic mass is 16.7. The number of carbonyl (C=O) groups is 1. The summed E-state index contributed by atoms with van der Waals surface area (Å²) in [6.07, 6.45) is 32.0. The first kappa shape index (κ1) is 48.7. The molecule has 0 bridgehead atoms. The standard InChI is InChI=1S/C43H80O9/c1-3-5-7-9-11-13-15-17-19-21-23-25-27-29-31-33-49-35-37(36-50-43-42(48)41(47)40(46)38(34-44)52-43)51-39(45)32-30-28-26-24-22-20-18-16-14-12-10-8-6-4-2/h10,12,16,18,37-38,40-44,46-48H,3-9,11,13-15,17,19-36H2,1-2H3/b12-10-,18-16-. The molecule has 6 unspecified atom stereocenters. The summed E-state index contributed by atoms with van der Waals surface area (Å²) in [5.74, 6) is -0.326.